The molecule has 0 bridgehead atoms. The van der Waals surface area contributed by atoms with Gasteiger partial charge in [0.25, 0.3) is 0 Å². The molecule has 2 rings (SSSR count). The average molecular weight is 270 g/mol. The predicted molar refractivity (Wildman–Crippen MR) is 72.3 cm³/mol. The molecule has 1 aromatic rings. The lowest BCUT2D eigenvalue weighted by atomic mass is 10.4. The Labute approximate surface area is 109 Å². The van der Waals surface area contributed by atoms with Crippen molar-refractivity contribution in [1.82, 2.24) is 9.97 Å². The fourth-order valence-electron chi connectivity index (χ4n) is 1.79. The van der Waals surface area contributed by atoms with Crippen molar-refractivity contribution in [3.05, 3.63) is 6.33 Å². The molecule has 100 valence electrons. The molecule has 0 aliphatic carbocycles. The summed E-state index contributed by atoms with van der Waals surface area (Å²) in [6.45, 7) is 5.25. The monoisotopic (exact) mass is 270 g/mol. The van der Waals surface area contributed by atoms with E-state index in [1.54, 1.807) is 0 Å². The van der Waals surface area contributed by atoms with E-state index in [0.717, 1.165) is 0 Å². The molecule has 1 fully saturated rings. The lowest BCUT2D eigenvalue weighted by Gasteiger charge is -2.28. The molecule has 2 heterocycles. The van der Waals surface area contributed by atoms with E-state index in [1.165, 1.54) is 6.33 Å². The maximum Gasteiger partial charge on any atom is 0.242 e. The van der Waals surface area contributed by atoms with Gasteiger partial charge in [0.2, 0.25) is 5.88 Å². The Bertz CT molecular complexity index is 443. The van der Waals surface area contributed by atoms with Gasteiger partial charge in [0.15, 0.2) is 5.82 Å². The molecular formula is C11H18N4O2S. The Morgan fingerprint density at radius 3 is 2.67 bits per heavy atom. The summed E-state index contributed by atoms with van der Waals surface area (Å²) in [7, 11) is -0.713. The number of nitrogens with zero attached hydrogens (tertiary/aromatic N) is 3. The van der Waals surface area contributed by atoms with Crippen molar-refractivity contribution in [2.24, 2.45) is 0 Å². The molecule has 7 heteroatoms. The number of nitrogens with two attached hydrogens (primary N) is 1. The quantitative estimate of drug-likeness (QED) is 0.857. The maximum atomic E-state index is 11.3. The highest BCUT2D eigenvalue weighted by Crippen LogP contribution is 2.28. The third-order valence-electron chi connectivity index (χ3n) is 2.65. The summed E-state index contributed by atoms with van der Waals surface area (Å²) in [4.78, 5) is 10.3. The molecule has 0 amide bonds. The second-order valence-corrected chi connectivity index (χ2v) is 6.11. The SMILES string of the molecule is CC(C)Oc1ncnc(N2CCS(=O)CC2)c1N. The smallest absolute Gasteiger partial charge is 0.242 e. The van der Waals surface area contributed by atoms with Gasteiger partial charge >= 0.3 is 0 Å². The zero-order valence-electron chi connectivity index (χ0n) is 10.6. The molecule has 0 unspecified atom stereocenters. The van der Waals surface area contributed by atoms with E-state index < -0.39 is 10.8 Å². The lowest BCUT2D eigenvalue weighted by Crippen LogP contribution is -2.38. The molecule has 18 heavy (non-hydrogen) atoms. The zero-order chi connectivity index (χ0) is 13.1. The third kappa shape index (κ3) is 2.90. The molecule has 1 aromatic heterocycles. The Kier molecular flexibility index (Phi) is 4.00. The van der Waals surface area contributed by atoms with Crippen LogP contribution in [0.1, 0.15) is 13.8 Å². The minimum Gasteiger partial charge on any atom is -0.473 e. The van der Waals surface area contributed by atoms with Crippen molar-refractivity contribution in [3.8, 4) is 5.88 Å². The van der Waals surface area contributed by atoms with E-state index in [0.29, 0.717) is 42.0 Å². The summed E-state index contributed by atoms with van der Waals surface area (Å²) in [6.07, 6.45) is 1.47. The van der Waals surface area contributed by atoms with Gasteiger partial charge in [-0.25, -0.2) is 4.98 Å². The first-order valence-electron chi connectivity index (χ1n) is 5.95. The maximum absolute atomic E-state index is 11.3. The van der Waals surface area contributed by atoms with Gasteiger partial charge in [-0.05, 0) is 13.8 Å². The fourth-order valence-corrected chi connectivity index (χ4v) is 2.84. The van der Waals surface area contributed by atoms with Crippen LogP contribution in [0.3, 0.4) is 0 Å². The Morgan fingerprint density at radius 2 is 2.06 bits per heavy atom. The molecule has 0 atom stereocenters. The number of hydrogen-bond acceptors (Lipinski definition) is 6. The number of aromatic nitrogens is 2. The largest absolute Gasteiger partial charge is 0.473 e. The van der Waals surface area contributed by atoms with Gasteiger partial charge < -0.3 is 15.4 Å². The summed E-state index contributed by atoms with van der Waals surface area (Å²) in [5.74, 6) is 2.41. The van der Waals surface area contributed by atoms with Crippen molar-refractivity contribution in [1.29, 1.82) is 0 Å². The van der Waals surface area contributed by atoms with Crippen LogP contribution in [0.25, 0.3) is 0 Å². The van der Waals surface area contributed by atoms with Crippen molar-refractivity contribution in [3.63, 3.8) is 0 Å². The van der Waals surface area contributed by atoms with Crippen LogP contribution >= 0.6 is 0 Å². The molecule has 1 saturated heterocycles. The molecule has 2 N–H and O–H groups in total. The Hall–Kier alpha value is -1.37. The number of hydrogen-bond donors (Lipinski definition) is 1. The highest BCUT2D eigenvalue weighted by atomic mass is 32.2. The first-order chi connectivity index (χ1) is 8.58. The highest BCUT2D eigenvalue weighted by molar-refractivity contribution is 7.85. The number of rotatable bonds is 3. The molecule has 0 saturated carbocycles. The van der Waals surface area contributed by atoms with Gasteiger partial charge in [-0.2, -0.15) is 4.98 Å². The molecule has 6 nitrogen and oxygen atoms in total. The minimum atomic E-state index is -0.713. The fraction of sp³-hybridized carbons (Fsp3) is 0.636. The van der Waals surface area contributed by atoms with E-state index in [2.05, 4.69) is 9.97 Å². The lowest BCUT2D eigenvalue weighted by molar-refractivity contribution is 0.234. The Morgan fingerprint density at radius 1 is 1.39 bits per heavy atom. The van der Waals surface area contributed by atoms with Crippen LogP contribution in [-0.4, -0.2) is 44.9 Å². The summed E-state index contributed by atoms with van der Waals surface area (Å²) >= 11 is 0. The van der Waals surface area contributed by atoms with Gasteiger partial charge in [-0.15, -0.1) is 0 Å². The van der Waals surface area contributed by atoms with Gasteiger partial charge in [0.1, 0.15) is 12.0 Å². The van der Waals surface area contributed by atoms with Gasteiger partial charge in [0, 0.05) is 35.4 Å². The van der Waals surface area contributed by atoms with E-state index in [-0.39, 0.29) is 6.10 Å². The number of anilines is 2. The molecule has 0 spiro atoms. The first-order valence-corrected chi connectivity index (χ1v) is 7.43. The van der Waals surface area contributed by atoms with Crippen LogP contribution < -0.4 is 15.4 Å². The van der Waals surface area contributed by atoms with Crippen molar-refractivity contribution >= 4 is 22.3 Å². The van der Waals surface area contributed by atoms with Crippen molar-refractivity contribution < 1.29 is 8.95 Å². The van der Waals surface area contributed by atoms with Gasteiger partial charge in [-0.3, -0.25) is 4.21 Å². The van der Waals surface area contributed by atoms with Gasteiger partial charge in [0.05, 0.1) is 6.10 Å². The molecule has 0 radical (unpaired) electrons. The summed E-state index contributed by atoms with van der Waals surface area (Å²) in [5.41, 5.74) is 6.49. The normalized spacial score (nSPS) is 17.2. The van der Waals surface area contributed by atoms with Crippen LogP contribution in [0.15, 0.2) is 6.33 Å². The van der Waals surface area contributed by atoms with Crippen molar-refractivity contribution in [2.45, 2.75) is 20.0 Å². The Balaban J connectivity index is 2.20. The third-order valence-corrected chi connectivity index (χ3v) is 3.93. The van der Waals surface area contributed by atoms with Gasteiger partial charge in [-0.1, -0.05) is 0 Å². The molecule has 0 aromatic carbocycles. The predicted octanol–water partition coefficient (Wildman–Crippen LogP) is 0.415. The molecule has 1 aliphatic heterocycles. The number of ether oxygens (including phenoxy) is 1. The molecular weight excluding hydrogens is 252 g/mol. The van der Waals surface area contributed by atoms with Crippen LogP contribution in [-0.2, 0) is 10.8 Å². The van der Waals surface area contributed by atoms with Crippen LogP contribution in [0, 0.1) is 0 Å². The zero-order valence-corrected chi connectivity index (χ0v) is 11.4. The van der Waals surface area contributed by atoms with Crippen LogP contribution in [0.5, 0.6) is 5.88 Å². The second kappa shape index (κ2) is 5.51. The average Bonchev–Trinajstić information content (AvgIpc) is 2.33. The molecule has 1 aliphatic rings. The minimum absolute atomic E-state index is 0.0175. The topological polar surface area (TPSA) is 81.3 Å². The van der Waals surface area contributed by atoms with E-state index in [9.17, 15) is 4.21 Å². The summed E-state index contributed by atoms with van der Waals surface area (Å²) < 4.78 is 16.9. The van der Waals surface area contributed by atoms with Crippen LogP contribution in [0.2, 0.25) is 0 Å². The summed E-state index contributed by atoms with van der Waals surface area (Å²) in [5, 5.41) is 0. The standard InChI is InChI=1S/C11H18N4O2S/c1-8(2)17-11-9(12)10(13-7-14-11)15-3-5-18(16)6-4-15/h7-8H,3-6,12H2,1-2H3. The van der Waals surface area contributed by atoms with E-state index >= 15 is 0 Å². The number of nitrogen functional groups attached to an aromatic ring is 1. The first kappa shape index (κ1) is 13.1. The van der Waals surface area contributed by atoms with Crippen LogP contribution in [0.4, 0.5) is 11.5 Å². The van der Waals surface area contributed by atoms with Crippen molar-refractivity contribution in [2.75, 3.05) is 35.2 Å². The van der Waals surface area contributed by atoms with E-state index in [4.69, 9.17) is 10.5 Å². The highest BCUT2D eigenvalue weighted by Gasteiger charge is 2.21. The summed E-state index contributed by atoms with van der Waals surface area (Å²) in [6, 6.07) is 0. The van der Waals surface area contributed by atoms with E-state index in [1.807, 2.05) is 18.7 Å². The second-order valence-electron chi connectivity index (χ2n) is 4.42.